The molecule has 2 heterocycles. The van der Waals surface area contributed by atoms with Gasteiger partial charge in [-0.3, -0.25) is 4.57 Å². The molecule has 1 aliphatic rings. The van der Waals surface area contributed by atoms with Gasteiger partial charge in [-0.15, -0.1) is 0 Å². The highest BCUT2D eigenvalue weighted by molar-refractivity contribution is 6.62. The van der Waals surface area contributed by atoms with E-state index < -0.39 is 0 Å². The Morgan fingerprint density at radius 1 is 0.923 bits per heavy atom. The minimum atomic E-state index is -0.334. The van der Waals surface area contributed by atoms with Crippen molar-refractivity contribution in [3.8, 4) is 5.69 Å². The summed E-state index contributed by atoms with van der Waals surface area (Å²) in [6.07, 6.45) is 0.883. The van der Waals surface area contributed by atoms with Crippen LogP contribution in [-0.4, -0.2) is 27.9 Å². The molecule has 1 fully saturated rings. The first-order valence-corrected chi connectivity index (χ1v) is 9.25. The molecule has 0 aliphatic carbocycles. The molecule has 0 spiro atoms. The number of hydrogen-bond donors (Lipinski definition) is 0. The van der Waals surface area contributed by atoms with Crippen LogP contribution in [0.2, 0.25) is 0 Å². The zero-order chi connectivity index (χ0) is 18.5. The number of hydrogen-bond acceptors (Lipinski definition) is 3. The molecule has 0 radical (unpaired) electrons. The molecular weight excluding hydrogens is 323 g/mol. The highest BCUT2D eigenvalue weighted by atomic mass is 16.7. The van der Waals surface area contributed by atoms with Gasteiger partial charge in [0.25, 0.3) is 0 Å². The Bertz CT molecular complexity index is 928. The van der Waals surface area contributed by atoms with Crippen LogP contribution >= 0.6 is 0 Å². The van der Waals surface area contributed by atoms with E-state index in [2.05, 4.69) is 81.7 Å². The summed E-state index contributed by atoms with van der Waals surface area (Å²) in [5.74, 6) is 1.06. The summed E-state index contributed by atoms with van der Waals surface area (Å²) >= 11 is 0. The van der Waals surface area contributed by atoms with Crippen molar-refractivity contribution in [1.82, 2.24) is 9.55 Å². The average Bonchev–Trinajstić information content (AvgIpc) is 3.09. The molecule has 1 aliphatic heterocycles. The van der Waals surface area contributed by atoms with Crippen molar-refractivity contribution in [1.29, 1.82) is 0 Å². The Balaban J connectivity index is 1.70. The molecule has 26 heavy (non-hydrogen) atoms. The van der Waals surface area contributed by atoms with Crippen LogP contribution in [0.3, 0.4) is 0 Å². The van der Waals surface area contributed by atoms with E-state index in [-0.39, 0.29) is 18.3 Å². The second-order valence-electron chi connectivity index (χ2n) is 7.89. The van der Waals surface area contributed by atoms with Crippen molar-refractivity contribution < 1.29 is 9.31 Å². The maximum Gasteiger partial charge on any atom is 0.494 e. The highest BCUT2D eigenvalue weighted by Crippen LogP contribution is 2.36. The Kier molecular flexibility index (Phi) is 3.97. The highest BCUT2D eigenvalue weighted by Gasteiger charge is 2.51. The lowest BCUT2D eigenvalue weighted by Crippen LogP contribution is -2.41. The van der Waals surface area contributed by atoms with Crippen LogP contribution in [0.1, 0.15) is 40.4 Å². The van der Waals surface area contributed by atoms with E-state index in [1.807, 2.05) is 6.07 Å². The Hall–Kier alpha value is -2.11. The lowest BCUT2D eigenvalue weighted by molar-refractivity contribution is 0.00578. The topological polar surface area (TPSA) is 36.3 Å². The zero-order valence-corrected chi connectivity index (χ0v) is 16.1. The Morgan fingerprint density at radius 2 is 1.54 bits per heavy atom. The van der Waals surface area contributed by atoms with Gasteiger partial charge in [-0.1, -0.05) is 31.2 Å². The van der Waals surface area contributed by atoms with Crippen LogP contribution < -0.4 is 5.46 Å². The van der Waals surface area contributed by atoms with E-state index in [1.165, 1.54) is 0 Å². The van der Waals surface area contributed by atoms with E-state index in [1.54, 1.807) is 0 Å². The predicted molar refractivity (Wildman–Crippen MR) is 106 cm³/mol. The van der Waals surface area contributed by atoms with Gasteiger partial charge in [0.1, 0.15) is 5.82 Å². The van der Waals surface area contributed by atoms with Gasteiger partial charge in [-0.2, -0.15) is 0 Å². The molecule has 2 aromatic carbocycles. The first-order chi connectivity index (χ1) is 12.3. The van der Waals surface area contributed by atoms with Crippen LogP contribution in [0.5, 0.6) is 0 Å². The van der Waals surface area contributed by atoms with Gasteiger partial charge in [0.05, 0.1) is 22.2 Å². The molecule has 0 amide bonds. The largest absolute Gasteiger partial charge is 0.494 e. The average molecular weight is 348 g/mol. The van der Waals surface area contributed by atoms with Gasteiger partial charge in [-0.25, -0.2) is 4.98 Å². The van der Waals surface area contributed by atoms with E-state index in [0.717, 1.165) is 34.4 Å². The smallest absolute Gasteiger partial charge is 0.399 e. The quantitative estimate of drug-likeness (QED) is 0.674. The monoisotopic (exact) mass is 348 g/mol. The molecule has 1 aromatic heterocycles. The predicted octanol–water partition coefficient (Wildman–Crippen LogP) is 3.89. The SMILES string of the molecule is CCc1nc2ccccc2n1-c1ccc(B2OC(C)(C)C(C)(C)O2)cc1. The van der Waals surface area contributed by atoms with Crippen LogP contribution in [-0.2, 0) is 15.7 Å². The normalized spacial score (nSPS) is 18.6. The molecule has 0 unspecified atom stereocenters. The van der Waals surface area contributed by atoms with Crippen LogP contribution in [0.15, 0.2) is 48.5 Å². The Morgan fingerprint density at radius 3 is 2.15 bits per heavy atom. The summed E-state index contributed by atoms with van der Waals surface area (Å²) in [4.78, 5) is 4.76. The van der Waals surface area contributed by atoms with E-state index >= 15 is 0 Å². The molecule has 0 bridgehead atoms. The fraction of sp³-hybridized carbons (Fsp3) is 0.381. The summed E-state index contributed by atoms with van der Waals surface area (Å²) < 4.78 is 14.5. The van der Waals surface area contributed by atoms with Crippen molar-refractivity contribution in [3.63, 3.8) is 0 Å². The molecule has 134 valence electrons. The maximum atomic E-state index is 6.15. The lowest BCUT2D eigenvalue weighted by Gasteiger charge is -2.32. The summed E-state index contributed by atoms with van der Waals surface area (Å²) in [7, 11) is -0.334. The van der Waals surface area contributed by atoms with E-state index in [9.17, 15) is 0 Å². The van der Waals surface area contributed by atoms with Crippen molar-refractivity contribution in [2.24, 2.45) is 0 Å². The van der Waals surface area contributed by atoms with Gasteiger partial charge in [0.2, 0.25) is 0 Å². The number of aromatic nitrogens is 2. The number of benzene rings is 2. The van der Waals surface area contributed by atoms with Gasteiger partial charge < -0.3 is 9.31 Å². The molecular formula is C21H25BN2O2. The number of aryl methyl sites for hydroxylation is 1. The summed E-state index contributed by atoms with van der Waals surface area (Å²) in [5, 5.41) is 0. The molecule has 4 rings (SSSR count). The van der Waals surface area contributed by atoms with Crippen molar-refractivity contribution in [2.45, 2.75) is 52.2 Å². The third-order valence-electron chi connectivity index (χ3n) is 5.62. The number of imidazole rings is 1. The molecule has 4 nitrogen and oxygen atoms in total. The molecule has 5 heteroatoms. The van der Waals surface area contributed by atoms with E-state index in [4.69, 9.17) is 14.3 Å². The summed E-state index contributed by atoms with van der Waals surface area (Å²) in [6, 6.07) is 16.7. The lowest BCUT2D eigenvalue weighted by atomic mass is 9.79. The number of para-hydroxylation sites is 2. The second kappa shape index (κ2) is 5.97. The molecule has 0 atom stereocenters. The Labute approximate surface area is 155 Å². The van der Waals surface area contributed by atoms with E-state index in [0.29, 0.717) is 0 Å². The summed E-state index contributed by atoms with van der Waals surface area (Å²) in [5.41, 5.74) is 3.65. The molecule has 0 N–H and O–H groups in total. The van der Waals surface area contributed by atoms with Crippen molar-refractivity contribution in [3.05, 3.63) is 54.4 Å². The summed E-state index contributed by atoms with van der Waals surface area (Å²) in [6.45, 7) is 10.4. The zero-order valence-electron chi connectivity index (χ0n) is 16.1. The van der Waals surface area contributed by atoms with Crippen LogP contribution in [0, 0.1) is 0 Å². The number of fused-ring (bicyclic) bond motifs is 1. The van der Waals surface area contributed by atoms with Gasteiger partial charge >= 0.3 is 7.12 Å². The molecule has 0 saturated carbocycles. The van der Waals surface area contributed by atoms with Crippen molar-refractivity contribution in [2.75, 3.05) is 0 Å². The standard InChI is InChI=1S/C21H25BN2O2/c1-6-19-23-17-9-7-8-10-18(17)24(19)16-13-11-15(12-14-16)22-25-20(2,3)21(4,5)26-22/h7-14H,6H2,1-5H3. The maximum absolute atomic E-state index is 6.15. The molecule has 1 saturated heterocycles. The fourth-order valence-electron chi connectivity index (χ4n) is 3.36. The third kappa shape index (κ3) is 2.66. The number of rotatable bonds is 3. The van der Waals surface area contributed by atoms with Crippen LogP contribution in [0.4, 0.5) is 0 Å². The molecule has 3 aromatic rings. The van der Waals surface area contributed by atoms with Crippen molar-refractivity contribution >= 4 is 23.6 Å². The van der Waals surface area contributed by atoms with Gasteiger partial charge in [0, 0.05) is 12.1 Å². The minimum Gasteiger partial charge on any atom is -0.399 e. The first-order valence-electron chi connectivity index (χ1n) is 9.25. The fourth-order valence-corrected chi connectivity index (χ4v) is 3.36. The number of nitrogens with zero attached hydrogens (tertiary/aromatic N) is 2. The second-order valence-corrected chi connectivity index (χ2v) is 7.89. The third-order valence-corrected chi connectivity index (χ3v) is 5.62. The van der Waals surface area contributed by atoms with Gasteiger partial charge in [0.15, 0.2) is 0 Å². The van der Waals surface area contributed by atoms with Gasteiger partial charge in [-0.05, 0) is 57.4 Å². The van der Waals surface area contributed by atoms with Crippen LogP contribution in [0.25, 0.3) is 16.7 Å². The first kappa shape index (κ1) is 17.3. The minimum absolute atomic E-state index is 0.327.